The molecule has 150 heavy (non-hydrogen) atoms. The van der Waals surface area contributed by atoms with Gasteiger partial charge in [-0.2, -0.15) is 0 Å². The molecule has 0 saturated heterocycles. The van der Waals surface area contributed by atoms with E-state index >= 15 is 0 Å². The van der Waals surface area contributed by atoms with E-state index in [0.717, 1.165) is 203 Å². The maximum Gasteiger partial charge on any atom is 0.230 e. The number of benzene rings is 8. The summed E-state index contributed by atoms with van der Waals surface area (Å²) in [4.78, 5) is 123. The Labute approximate surface area is 905 Å². The van der Waals surface area contributed by atoms with Crippen LogP contribution >= 0.6 is 102 Å². The van der Waals surface area contributed by atoms with Crippen LogP contribution in [0.15, 0.2) is 218 Å². The van der Waals surface area contributed by atoms with Gasteiger partial charge in [-0.1, -0.05) is 245 Å². The van der Waals surface area contributed by atoms with Gasteiger partial charge in [0.2, 0.25) is 44.2 Å². The number of halogens is 1. The number of carbonyl (C=O) groups excluding carboxylic acids is 10. The fraction of sp³-hybridized carbons (Fsp3) is 0.321. The standard InChI is InChI=1S/C29H29N5O4S2.C27H29N5O4S2.C27H29N5O2S2.C26H26ClN5O2S2/c35-22(15-16-23(36)20-9-3-1-4-10-20)19-28-33-31-26(39-28)13-7-8-14-27-32-34-29(40-27)30-25(38)18-17-24(37)21-11-5-2-6-12-21;33-20(15-17-35-21-9-3-1-4-10-21)19-26-31-29-24(37-26)13-7-8-14-25-30-32-27(38-25)28-23(34)16-18-36-22-11-5-2-6-12-22;1-18-9-3-5-11-20(18)15-22(33)17-26-31-29-24(35-26)13-7-8-14-25-30-32-27(36-25)28-23(34)16-21-12-6-4-10-19(21)2;1-17-6-8-18(9-7-17)14-21(33)16-25-31-29-23(35-25)4-2-3-5-24-30-32-26(36-24)28-22(34)15-19-10-12-20(27)13-11-19/h1-6,9-12H,7-8,13-19H2,(H,30,34,38);1-6,9-12H,7-8,13-19H2,(H,28,32,34);3-6,9-12H,7-8,13-17H2,1-2H3,(H,28,32,34);6-13H,2-5,14-16H2,1H3,(H,28,32,34). The summed E-state index contributed by atoms with van der Waals surface area (Å²) >= 11 is 17.3. The number of anilines is 4. The Morgan fingerprint density at radius 1 is 0.247 bits per heavy atom. The highest BCUT2D eigenvalue weighted by Gasteiger charge is 2.22. The van der Waals surface area contributed by atoms with Gasteiger partial charge >= 0.3 is 0 Å². The van der Waals surface area contributed by atoms with Crippen LogP contribution in [-0.4, -0.2) is 153 Å². The molecule has 0 spiro atoms. The largest absolute Gasteiger partial charge is 0.493 e. The number of rotatable bonds is 56. The summed E-state index contributed by atoms with van der Waals surface area (Å²) in [6, 6.07) is 67.8. The molecule has 32 nitrogen and oxygen atoms in total. The van der Waals surface area contributed by atoms with Crippen molar-refractivity contribution in [1.29, 1.82) is 0 Å². The first-order valence-electron chi connectivity index (χ1n) is 49.2. The quantitative estimate of drug-likeness (QED) is 0.0203. The minimum Gasteiger partial charge on any atom is -0.493 e. The summed E-state index contributed by atoms with van der Waals surface area (Å²) in [5.74, 6) is 1.13. The number of unbranched alkanes of at least 4 members (excludes halogenated alkanes) is 4. The first-order valence-corrected chi connectivity index (χ1v) is 56.1. The smallest absolute Gasteiger partial charge is 0.230 e. The van der Waals surface area contributed by atoms with Crippen LogP contribution in [0.4, 0.5) is 20.5 Å². The molecule has 4 N–H and O–H groups in total. The molecule has 0 bridgehead atoms. The van der Waals surface area contributed by atoms with Crippen LogP contribution in [0.5, 0.6) is 11.5 Å². The summed E-state index contributed by atoms with van der Waals surface area (Å²) in [6.45, 7) is 6.71. The van der Waals surface area contributed by atoms with Gasteiger partial charge in [-0.05, 0) is 142 Å². The summed E-state index contributed by atoms with van der Waals surface area (Å²) < 4.78 is 11.1. The van der Waals surface area contributed by atoms with Crippen molar-refractivity contribution in [3.05, 3.63) is 334 Å². The second-order valence-corrected chi connectivity index (χ2v) is 44.1. The van der Waals surface area contributed by atoms with Gasteiger partial charge in [0, 0.05) is 112 Å². The maximum atomic E-state index is 12.4. The average Bonchev–Trinajstić information content (AvgIpc) is 1.66. The highest BCUT2D eigenvalue weighted by Crippen LogP contribution is 2.28. The molecule has 0 atom stereocenters. The minimum absolute atomic E-state index is 0.0195. The normalized spacial score (nSPS) is 10.9. The Balaban J connectivity index is 0.000000167. The Bertz CT molecular complexity index is 6590. The molecular formula is C109H113ClN20O12S8. The first kappa shape index (κ1) is 113. The number of amides is 4. The van der Waals surface area contributed by atoms with Crippen LogP contribution in [0.3, 0.4) is 0 Å². The van der Waals surface area contributed by atoms with Crippen molar-refractivity contribution in [3.63, 3.8) is 0 Å². The molecule has 41 heteroatoms. The Hall–Kier alpha value is -14.0. The van der Waals surface area contributed by atoms with Crippen LogP contribution in [0.1, 0.15) is 210 Å². The van der Waals surface area contributed by atoms with E-state index in [2.05, 4.69) is 103 Å². The van der Waals surface area contributed by atoms with Crippen molar-refractivity contribution >= 4 is 181 Å². The fourth-order valence-corrected chi connectivity index (χ4v) is 21.6. The lowest BCUT2D eigenvalue weighted by atomic mass is 10.0. The molecule has 0 aliphatic heterocycles. The lowest BCUT2D eigenvalue weighted by molar-refractivity contribution is -0.119. The zero-order valence-corrected chi connectivity index (χ0v) is 90.4. The third kappa shape index (κ3) is 41.9. The molecule has 8 heterocycles. The second kappa shape index (κ2) is 61.9. The van der Waals surface area contributed by atoms with Crippen molar-refractivity contribution in [3.8, 4) is 11.5 Å². The summed E-state index contributed by atoms with van der Waals surface area (Å²) in [7, 11) is 0. The number of Topliss-reactive ketones (excluding diaryl/α,β-unsaturated/α-hetero) is 6. The van der Waals surface area contributed by atoms with Gasteiger partial charge in [-0.25, -0.2) is 0 Å². The van der Waals surface area contributed by atoms with Crippen molar-refractivity contribution in [2.24, 2.45) is 0 Å². The molecule has 0 unspecified atom stereocenters. The van der Waals surface area contributed by atoms with Crippen LogP contribution in [0.25, 0.3) is 0 Å². The maximum absolute atomic E-state index is 12.4. The summed E-state index contributed by atoms with van der Waals surface area (Å²) in [6.07, 6.45) is 17.3. The fourth-order valence-electron chi connectivity index (χ4n) is 14.7. The molecule has 16 aromatic rings. The molecule has 0 radical (unpaired) electrons. The molecule has 4 amide bonds. The third-order valence-electron chi connectivity index (χ3n) is 22.6. The number of ketones is 6. The number of nitrogens with zero attached hydrogens (tertiary/aromatic N) is 16. The minimum atomic E-state index is -0.264. The van der Waals surface area contributed by atoms with E-state index in [1.54, 1.807) is 48.5 Å². The third-order valence-corrected chi connectivity index (χ3v) is 30.4. The molecule has 0 aliphatic carbocycles. The Kier molecular flexibility index (Phi) is 46.7. The van der Waals surface area contributed by atoms with Gasteiger partial charge in [0.1, 0.15) is 94.7 Å². The highest BCUT2D eigenvalue weighted by atomic mass is 35.5. The van der Waals surface area contributed by atoms with Crippen molar-refractivity contribution < 1.29 is 57.4 Å². The topological polar surface area (TPSA) is 444 Å². The molecule has 8 aromatic carbocycles. The molecule has 776 valence electrons. The molecule has 0 fully saturated rings. The van der Waals surface area contributed by atoms with Crippen LogP contribution in [0.2, 0.25) is 5.02 Å². The van der Waals surface area contributed by atoms with E-state index in [1.165, 1.54) is 96.3 Å². The lowest BCUT2D eigenvalue weighted by Crippen LogP contribution is -2.15. The van der Waals surface area contributed by atoms with Gasteiger partial charge in [0.15, 0.2) is 11.6 Å². The van der Waals surface area contributed by atoms with Crippen molar-refractivity contribution in [1.82, 2.24) is 81.6 Å². The highest BCUT2D eigenvalue weighted by molar-refractivity contribution is 7.16. The van der Waals surface area contributed by atoms with E-state index in [4.69, 9.17) is 21.1 Å². The zero-order chi connectivity index (χ0) is 105. The molecule has 0 aliphatic rings. The van der Waals surface area contributed by atoms with Crippen molar-refractivity contribution in [2.75, 3.05) is 34.5 Å². The number of aromatic nitrogens is 16. The van der Waals surface area contributed by atoms with Crippen LogP contribution in [-0.2, 0) is 141 Å². The van der Waals surface area contributed by atoms with E-state index in [-0.39, 0.29) is 110 Å². The van der Waals surface area contributed by atoms with E-state index in [1.807, 2.05) is 191 Å². The van der Waals surface area contributed by atoms with Gasteiger partial charge in [0.05, 0.1) is 58.2 Å². The predicted octanol–water partition coefficient (Wildman–Crippen LogP) is 20.8. The number of hydrogen-bond acceptors (Lipinski definition) is 36. The summed E-state index contributed by atoms with van der Waals surface area (Å²) in [5.41, 5.74) is 8.62. The SMILES string of the molecule is Cc1ccc(CC(=O)Cc2nnc(CCCCc3nnc(NC(=O)Cc4ccc(Cl)cc4)s3)s2)cc1.Cc1ccccc1CC(=O)Cc1nnc(CCCCc2nnc(NC(=O)Cc3ccccc3C)s2)s1.O=C(CCC(=O)c1ccccc1)Cc1nnc(CCCCc2nnc(NC(=O)CCC(=O)c3ccccc3)s2)s1.O=C(CCOc1ccccc1)Cc1nnc(CCCCc2nnc(NC(=O)CCOc3ccccc3)s2)s1. The van der Waals surface area contributed by atoms with E-state index in [9.17, 15) is 47.9 Å². The number of ether oxygens (including phenoxy) is 2. The average molecular weight is 2190 g/mol. The van der Waals surface area contributed by atoms with Gasteiger partial charge in [0.25, 0.3) is 0 Å². The van der Waals surface area contributed by atoms with E-state index in [0.29, 0.717) is 93.4 Å². The number of para-hydroxylation sites is 2. The first-order chi connectivity index (χ1) is 73.0. The number of carbonyl (C=O) groups is 10. The number of aryl methyl sites for hydroxylation is 11. The predicted molar refractivity (Wildman–Crippen MR) is 588 cm³/mol. The molecule has 0 saturated carbocycles. The lowest BCUT2D eigenvalue weighted by Gasteiger charge is -2.05. The van der Waals surface area contributed by atoms with Gasteiger partial charge in [-0.3, -0.25) is 47.9 Å². The van der Waals surface area contributed by atoms with Gasteiger partial charge < -0.3 is 30.7 Å². The molecular weight excluding hydrogens is 2070 g/mol. The second-order valence-electron chi connectivity index (χ2n) is 34.8. The van der Waals surface area contributed by atoms with Crippen molar-refractivity contribution in [2.45, 2.75) is 213 Å². The molecule has 16 rings (SSSR count). The van der Waals surface area contributed by atoms with Gasteiger partial charge in [-0.15, -0.1) is 127 Å². The van der Waals surface area contributed by atoms with Crippen LogP contribution < -0.4 is 30.7 Å². The monoisotopic (exact) mass is 2180 g/mol. The Morgan fingerprint density at radius 3 is 0.927 bits per heavy atom. The zero-order valence-electron chi connectivity index (χ0n) is 83.1. The summed E-state index contributed by atoms with van der Waals surface area (Å²) in [5, 5.41) is 90.5. The Morgan fingerprint density at radius 2 is 0.533 bits per heavy atom. The number of nitrogens with one attached hydrogen (secondary N) is 4. The number of hydrogen-bond donors (Lipinski definition) is 4. The molecule has 8 aromatic heterocycles. The van der Waals surface area contributed by atoms with E-state index < -0.39 is 0 Å². The van der Waals surface area contributed by atoms with Crippen LogP contribution in [0, 0.1) is 20.8 Å².